The lowest BCUT2D eigenvalue weighted by atomic mass is 9.84. The van der Waals surface area contributed by atoms with Crippen LogP contribution in [0.3, 0.4) is 0 Å². The fourth-order valence-electron chi connectivity index (χ4n) is 3.55. The zero-order valence-corrected chi connectivity index (χ0v) is 9.50. The zero-order valence-electron chi connectivity index (χ0n) is 9.50. The lowest BCUT2D eigenvalue weighted by Gasteiger charge is -2.30. The molecule has 0 amide bonds. The predicted molar refractivity (Wildman–Crippen MR) is 60.1 cm³/mol. The van der Waals surface area contributed by atoms with Gasteiger partial charge >= 0.3 is 0 Å². The second-order valence-corrected chi connectivity index (χ2v) is 5.43. The largest absolute Gasteiger partial charge is 0.329 e. The van der Waals surface area contributed by atoms with Gasteiger partial charge in [0.2, 0.25) is 0 Å². The minimum absolute atomic E-state index is 0.476. The Morgan fingerprint density at radius 2 is 2.07 bits per heavy atom. The Bertz CT molecular complexity index is 193. The topological polar surface area (TPSA) is 38.0 Å². The lowest BCUT2D eigenvalue weighted by Crippen LogP contribution is -2.44. The highest BCUT2D eigenvalue weighted by Crippen LogP contribution is 2.49. The van der Waals surface area contributed by atoms with Gasteiger partial charge < -0.3 is 11.1 Å². The summed E-state index contributed by atoms with van der Waals surface area (Å²) in [6.45, 7) is 5.28. The van der Waals surface area contributed by atoms with E-state index in [1.54, 1.807) is 0 Å². The third kappa shape index (κ3) is 1.96. The van der Waals surface area contributed by atoms with Gasteiger partial charge in [0.05, 0.1) is 0 Å². The van der Waals surface area contributed by atoms with Crippen molar-refractivity contribution in [3.05, 3.63) is 0 Å². The fourth-order valence-corrected chi connectivity index (χ4v) is 3.55. The predicted octanol–water partition coefficient (Wildman–Crippen LogP) is 1.75. The van der Waals surface area contributed by atoms with E-state index >= 15 is 0 Å². The Hall–Kier alpha value is -0.0800. The summed E-state index contributed by atoms with van der Waals surface area (Å²) in [5.74, 6) is 3.01. The Kier molecular flexibility index (Phi) is 3.13. The van der Waals surface area contributed by atoms with Gasteiger partial charge in [0.15, 0.2) is 0 Å². The van der Waals surface area contributed by atoms with Crippen LogP contribution < -0.4 is 11.1 Å². The molecule has 2 rings (SSSR count). The van der Waals surface area contributed by atoms with Crippen LogP contribution in [0.4, 0.5) is 0 Å². The van der Waals surface area contributed by atoms with Crippen LogP contribution in [0.15, 0.2) is 0 Å². The van der Waals surface area contributed by atoms with E-state index in [-0.39, 0.29) is 0 Å². The standard InChI is InChI=1S/C12H24N2/c1-8(7-13)14-9(2)12-6-10-3-4-11(12)5-10/h8-12,14H,3-7,13H2,1-2H3. The normalized spacial score (nSPS) is 40.1. The first-order chi connectivity index (χ1) is 6.70. The first-order valence-electron chi connectivity index (χ1n) is 6.16. The molecule has 2 nitrogen and oxygen atoms in total. The summed E-state index contributed by atoms with van der Waals surface area (Å²) in [6.07, 6.45) is 5.96. The van der Waals surface area contributed by atoms with Crippen LogP contribution in [0.5, 0.6) is 0 Å². The summed E-state index contributed by atoms with van der Waals surface area (Å²) in [7, 11) is 0. The van der Waals surface area contributed by atoms with E-state index in [2.05, 4.69) is 19.2 Å². The van der Waals surface area contributed by atoms with Crippen LogP contribution in [0, 0.1) is 17.8 Å². The quantitative estimate of drug-likeness (QED) is 0.719. The van der Waals surface area contributed by atoms with Crippen molar-refractivity contribution in [1.82, 2.24) is 5.32 Å². The van der Waals surface area contributed by atoms with E-state index in [1.165, 1.54) is 25.7 Å². The van der Waals surface area contributed by atoms with E-state index in [4.69, 9.17) is 5.73 Å². The minimum atomic E-state index is 0.476. The van der Waals surface area contributed by atoms with Crippen molar-refractivity contribution in [1.29, 1.82) is 0 Å². The maximum atomic E-state index is 5.63. The van der Waals surface area contributed by atoms with Crippen molar-refractivity contribution in [3.8, 4) is 0 Å². The molecule has 82 valence electrons. The molecule has 2 heteroatoms. The van der Waals surface area contributed by atoms with Crippen molar-refractivity contribution in [3.63, 3.8) is 0 Å². The molecule has 5 unspecified atom stereocenters. The second kappa shape index (κ2) is 4.19. The van der Waals surface area contributed by atoms with Crippen molar-refractivity contribution in [2.45, 2.75) is 51.6 Å². The van der Waals surface area contributed by atoms with Gasteiger partial charge in [-0.3, -0.25) is 0 Å². The van der Waals surface area contributed by atoms with Crippen LogP contribution in [-0.4, -0.2) is 18.6 Å². The van der Waals surface area contributed by atoms with Crippen molar-refractivity contribution in [2.24, 2.45) is 23.5 Å². The molecular weight excluding hydrogens is 172 g/mol. The van der Waals surface area contributed by atoms with Crippen LogP contribution in [0.2, 0.25) is 0 Å². The summed E-state index contributed by atoms with van der Waals surface area (Å²) < 4.78 is 0. The molecule has 5 atom stereocenters. The first kappa shape index (κ1) is 10.4. The highest BCUT2D eigenvalue weighted by atomic mass is 15.0. The van der Waals surface area contributed by atoms with Crippen molar-refractivity contribution < 1.29 is 0 Å². The fraction of sp³-hybridized carbons (Fsp3) is 1.00. The third-order valence-corrected chi connectivity index (χ3v) is 4.34. The van der Waals surface area contributed by atoms with Crippen LogP contribution in [0.1, 0.15) is 39.5 Å². The number of hydrogen-bond donors (Lipinski definition) is 2. The molecule has 0 spiro atoms. The molecule has 14 heavy (non-hydrogen) atoms. The molecule has 2 saturated carbocycles. The summed E-state index contributed by atoms with van der Waals surface area (Å²) >= 11 is 0. The lowest BCUT2D eigenvalue weighted by molar-refractivity contribution is 0.249. The number of hydrogen-bond acceptors (Lipinski definition) is 2. The molecule has 0 aliphatic heterocycles. The smallest absolute Gasteiger partial charge is 0.0164 e. The minimum Gasteiger partial charge on any atom is -0.329 e. The zero-order chi connectivity index (χ0) is 10.1. The van der Waals surface area contributed by atoms with Gasteiger partial charge in [0.25, 0.3) is 0 Å². The monoisotopic (exact) mass is 196 g/mol. The highest BCUT2D eigenvalue weighted by Gasteiger charge is 2.41. The van der Waals surface area contributed by atoms with Gasteiger partial charge in [-0.2, -0.15) is 0 Å². The maximum absolute atomic E-state index is 5.63. The highest BCUT2D eigenvalue weighted by molar-refractivity contribution is 4.94. The molecule has 0 heterocycles. The molecule has 0 radical (unpaired) electrons. The van der Waals surface area contributed by atoms with E-state index in [0.29, 0.717) is 12.1 Å². The molecule has 3 N–H and O–H groups in total. The summed E-state index contributed by atoms with van der Waals surface area (Å²) in [6, 6.07) is 1.15. The molecule has 0 aromatic rings. The Morgan fingerprint density at radius 1 is 1.29 bits per heavy atom. The summed E-state index contributed by atoms with van der Waals surface area (Å²) in [5, 5.41) is 3.63. The molecule has 2 aliphatic rings. The Balaban J connectivity index is 1.83. The SMILES string of the molecule is CC(CN)NC(C)C1CC2CCC1C2. The number of fused-ring (bicyclic) bond motifs is 2. The molecule has 0 aromatic heterocycles. The molecule has 2 bridgehead atoms. The average molecular weight is 196 g/mol. The van der Waals surface area contributed by atoms with Gasteiger partial charge in [-0.25, -0.2) is 0 Å². The van der Waals surface area contributed by atoms with Gasteiger partial charge in [0.1, 0.15) is 0 Å². The number of nitrogens with one attached hydrogen (secondary N) is 1. The van der Waals surface area contributed by atoms with Crippen LogP contribution >= 0.6 is 0 Å². The van der Waals surface area contributed by atoms with E-state index in [1.807, 2.05) is 0 Å². The van der Waals surface area contributed by atoms with Crippen molar-refractivity contribution in [2.75, 3.05) is 6.54 Å². The first-order valence-corrected chi connectivity index (χ1v) is 6.16. The van der Waals surface area contributed by atoms with Gasteiger partial charge in [-0.1, -0.05) is 6.42 Å². The molecule has 2 fully saturated rings. The maximum Gasteiger partial charge on any atom is 0.0164 e. The Labute approximate surface area is 87.6 Å². The second-order valence-electron chi connectivity index (χ2n) is 5.43. The summed E-state index contributed by atoms with van der Waals surface area (Å²) in [4.78, 5) is 0. The number of rotatable bonds is 4. The summed E-state index contributed by atoms with van der Waals surface area (Å²) in [5.41, 5.74) is 5.63. The van der Waals surface area contributed by atoms with Crippen molar-refractivity contribution >= 4 is 0 Å². The van der Waals surface area contributed by atoms with Crippen LogP contribution in [0.25, 0.3) is 0 Å². The third-order valence-electron chi connectivity index (χ3n) is 4.34. The molecule has 2 aliphatic carbocycles. The van der Waals surface area contributed by atoms with E-state index < -0.39 is 0 Å². The van der Waals surface area contributed by atoms with E-state index in [0.717, 1.165) is 24.3 Å². The van der Waals surface area contributed by atoms with Gasteiger partial charge in [-0.15, -0.1) is 0 Å². The van der Waals surface area contributed by atoms with E-state index in [9.17, 15) is 0 Å². The Morgan fingerprint density at radius 3 is 2.57 bits per heavy atom. The molecular formula is C12H24N2. The van der Waals surface area contributed by atoms with Gasteiger partial charge in [-0.05, 0) is 50.9 Å². The van der Waals surface area contributed by atoms with Crippen LogP contribution in [-0.2, 0) is 0 Å². The number of nitrogens with two attached hydrogens (primary N) is 1. The molecule has 0 aromatic carbocycles. The molecule has 0 saturated heterocycles. The van der Waals surface area contributed by atoms with Gasteiger partial charge in [0, 0.05) is 18.6 Å². The average Bonchev–Trinajstić information content (AvgIpc) is 2.78.